The molecule has 1 aliphatic heterocycles. The molecule has 0 fully saturated rings. The lowest BCUT2D eigenvalue weighted by molar-refractivity contribution is -0.147. The highest BCUT2D eigenvalue weighted by Crippen LogP contribution is 2.23. The van der Waals surface area contributed by atoms with E-state index in [1.807, 2.05) is 60.7 Å². The molecule has 1 heterocycles. The molecule has 0 aromatic heterocycles. The van der Waals surface area contributed by atoms with Crippen LogP contribution >= 0.6 is 0 Å². The van der Waals surface area contributed by atoms with Crippen molar-refractivity contribution >= 4 is 0 Å². The maximum atomic E-state index is 14.1. The van der Waals surface area contributed by atoms with Crippen molar-refractivity contribution in [2.24, 2.45) is 0 Å². The molecular weight excluding hydrogens is 295 g/mol. The van der Waals surface area contributed by atoms with Gasteiger partial charge in [0.25, 0.3) is 0 Å². The van der Waals surface area contributed by atoms with Gasteiger partial charge in [0.05, 0.1) is 13.2 Å². The fraction of sp³-hybridized carbons (Fsp3) is 0.263. The third-order valence-electron chi connectivity index (χ3n) is 3.58. The molecule has 1 aliphatic rings. The van der Waals surface area contributed by atoms with Crippen LogP contribution in [0.2, 0.25) is 0 Å². The van der Waals surface area contributed by atoms with Crippen LogP contribution in [-0.2, 0) is 27.4 Å². The Hall–Kier alpha value is -2.17. The van der Waals surface area contributed by atoms with Crippen LogP contribution in [0.25, 0.3) is 0 Å². The van der Waals surface area contributed by atoms with Gasteiger partial charge in [-0.3, -0.25) is 0 Å². The molecule has 4 heteroatoms. The zero-order valence-corrected chi connectivity index (χ0v) is 12.7. The molecule has 0 radical (unpaired) electrons. The predicted octanol–water partition coefficient (Wildman–Crippen LogP) is 4.00. The number of ether oxygens (including phenoxy) is 3. The highest BCUT2D eigenvalue weighted by Gasteiger charge is 2.31. The highest BCUT2D eigenvalue weighted by molar-refractivity contribution is 5.16. The number of alkyl halides is 1. The van der Waals surface area contributed by atoms with Gasteiger partial charge in [-0.05, 0) is 17.2 Å². The Morgan fingerprint density at radius 1 is 0.913 bits per heavy atom. The third-order valence-corrected chi connectivity index (χ3v) is 3.58. The van der Waals surface area contributed by atoms with Gasteiger partial charge in [0.1, 0.15) is 12.4 Å². The van der Waals surface area contributed by atoms with E-state index >= 15 is 0 Å². The molecular formula is C19H19FO3. The molecule has 0 saturated heterocycles. The molecule has 3 nitrogen and oxygen atoms in total. The zero-order chi connectivity index (χ0) is 15.9. The van der Waals surface area contributed by atoms with Crippen molar-refractivity contribution in [1.29, 1.82) is 0 Å². The first-order valence-electron chi connectivity index (χ1n) is 7.61. The van der Waals surface area contributed by atoms with Gasteiger partial charge in [-0.2, -0.15) is 0 Å². The van der Waals surface area contributed by atoms with Gasteiger partial charge in [-0.1, -0.05) is 60.7 Å². The van der Waals surface area contributed by atoms with Crippen molar-refractivity contribution in [2.75, 3.05) is 6.61 Å². The summed E-state index contributed by atoms with van der Waals surface area (Å²) < 4.78 is 30.5. The Morgan fingerprint density at radius 3 is 2.17 bits per heavy atom. The number of halogens is 1. The van der Waals surface area contributed by atoms with E-state index in [1.165, 1.54) is 0 Å². The van der Waals surface area contributed by atoms with E-state index in [1.54, 1.807) is 6.08 Å². The maximum Gasteiger partial charge on any atom is 0.233 e. The van der Waals surface area contributed by atoms with Crippen LogP contribution in [0.4, 0.5) is 4.39 Å². The molecule has 2 aromatic rings. The smallest absolute Gasteiger partial charge is 0.233 e. The molecule has 0 aliphatic carbocycles. The van der Waals surface area contributed by atoms with E-state index in [0.717, 1.165) is 11.1 Å². The van der Waals surface area contributed by atoms with Gasteiger partial charge in [-0.25, -0.2) is 4.39 Å². The summed E-state index contributed by atoms with van der Waals surface area (Å²) in [5.41, 5.74) is 2.00. The summed E-state index contributed by atoms with van der Waals surface area (Å²) in [5, 5.41) is 0. The Kier molecular flexibility index (Phi) is 5.40. The molecule has 1 unspecified atom stereocenters. The van der Waals surface area contributed by atoms with Gasteiger partial charge in [-0.15, -0.1) is 0 Å². The SMILES string of the molecule is FC1OCC=C(OCc2ccccc2)[C@H]1OCc1ccccc1. The van der Waals surface area contributed by atoms with Crippen molar-refractivity contribution in [2.45, 2.75) is 25.7 Å². The van der Waals surface area contributed by atoms with Gasteiger partial charge in [0.2, 0.25) is 6.36 Å². The summed E-state index contributed by atoms with van der Waals surface area (Å²) in [6.45, 7) is 0.877. The molecule has 0 bridgehead atoms. The average molecular weight is 314 g/mol. The fourth-order valence-electron chi connectivity index (χ4n) is 2.35. The second kappa shape index (κ2) is 7.90. The van der Waals surface area contributed by atoms with Crippen LogP contribution in [0.1, 0.15) is 11.1 Å². The lowest BCUT2D eigenvalue weighted by atomic mass is 10.2. The number of hydrogen-bond acceptors (Lipinski definition) is 3. The minimum absolute atomic E-state index is 0.191. The van der Waals surface area contributed by atoms with Gasteiger partial charge in [0, 0.05) is 0 Å². The van der Waals surface area contributed by atoms with E-state index in [4.69, 9.17) is 14.2 Å². The molecule has 0 saturated carbocycles. The Balaban J connectivity index is 1.61. The van der Waals surface area contributed by atoms with Crippen LogP contribution in [0.15, 0.2) is 72.5 Å². The number of hydrogen-bond donors (Lipinski definition) is 0. The Bertz CT molecular complexity index is 628. The minimum Gasteiger partial charge on any atom is -0.491 e. The Labute approximate surface area is 135 Å². The van der Waals surface area contributed by atoms with E-state index in [2.05, 4.69) is 0 Å². The van der Waals surface area contributed by atoms with Gasteiger partial charge in [0.15, 0.2) is 6.10 Å². The van der Waals surface area contributed by atoms with Crippen LogP contribution in [0, 0.1) is 0 Å². The Morgan fingerprint density at radius 2 is 1.52 bits per heavy atom. The standard InChI is InChI=1S/C19H19FO3/c20-19-18(23-14-16-9-5-2-6-10-16)17(11-12-21-19)22-13-15-7-3-1-4-8-15/h1-11,18-19H,12-14H2/t18-,19?/m1/s1. The highest BCUT2D eigenvalue weighted by atomic mass is 19.1. The van der Waals surface area contributed by atoms with Crippen molar-refractivity contribution in [1.82, 2.24) is 0 Å². The lowest BCUT2D eigenvalue weighted by Crippen LogP contribution is -2.34. The lowest BCUT2D eigenvalue weighted by Gasteiger charge is -2.27. The first-order chi connectivity index (χ1) is 11.3. The van der Waals surface area contributed by atoms with Crippen LogP contribution in [-0.4, -0.2) is 19.1 Å². The van der Waals surface area contributed by atoms with E-state index in [9.17, 15) is 4.39 Å². The molecule has 0 amide bonds. The first kappa shape index (κ1) is 15.7. The number of benzene rings is 2. The second-order valence-electron chi connectivity index (χ2n) is 5.28. The summed E-state index contributed by atoms with van der Waals surface area (Å²) in [6, 6.07) is 19.4. The van der Waals surface area contributed by atoms with Crippen molar-refractivity contribution in [3.8, 4) is 0 Å². The fourth-order valence-corrected chi connectivity index (χ4v) is 2.35. The monoisotopic (exact) mass is 314 g/mol. The largest absolute Gasteiger partial charge is 0.491 e. The van der Waals surface area contributed by atoms with Gasteiger partial charge < -0.3 is 14.2 Å². The van der Waals surface area contributed by atoms with Gasteiger partial charge >= 0.3 is 0 Å². The van der Waals surface area contributed by atoms with Crippen molar-refractivity contribution in [3.05, 3.63) is 83.6 Å². The molecule has 2 aromatic carbocycles. The van der Waals surface area contributed by atoms with E-state index in [0.29, 0.717) is 19.0 Å². The van der Waals surface area contributed by atoms with Crippen LogP contribution in [0.3, 0.4) is 0 Å². The van der Waals surface area contributed by atoms with E-state index in [-0.39, 0.29) is 6.61 Å². The first-order valence-corrected chi connectivity index (χ1v) is 7.61. The zero-order valence-electron chi connectivity index (χ0n) is 12.7. The normalized spacial score (nSPS) is 20.8. The molecule has 2 atom stereocenters. The molecule has 120 valence electrons. The second-order valence-corrected chi connectivity index (χ2v) is 5.28. The van der Waals surface area contributed by atoms with Crippen LogP contribution < -0.4 is 0 Å². The molecule has 0 spiro atoms. The molecule has 23 heavy (non-hydrogen) atoms. The molecule has 3 rings (SSSR count). The van der Waals surface area contributed by atoms with Crippen molar-refractivity contribution < 1.29 is 18.6 Å². The summed E-state index contributed by atoms with van der Waals surface area (Å²) in [4.78, 5) is 0. The average Bonchev–Trinajstić information content (AvgIpc) is 2.61. The maximum absolute atomic E-state index is 14.1. The summed E-state index contributed by atoms with van der Waals surface area (Å²) in [5.74, 6) is 0.489. The predicted molar refractivity (Wildman–Crippen MR) is 85.2 cm³/mol. The van der Waals surface area contributed by atoms with Crippen molar-refractivity contribution in [3.63, 3.8) is 0 Å². The topological polar surface area (TPSA) is 27.7 Å². The summed E-state index contributed by atoms with van der Waals surface area (Å²) >= 11 is 0. The van der Waals surface area contributed by atoms with Crippen LogP contribution in [0.5, 0.6) is 0 Å². The quantitative estimate of drug-likeness (QED) is 0.806. The van der Waals surface area contributed by atoms with E-state index < -0.39 is 12.5 Å². The minimum atomic E-state index is -1.52. The summed E-state index contributed by atoms with van der Waals surface area (Å²) in [6.07, 6.45) is -0.628. The molecule has 0 N–H and O–H groups in total. The third kappa shape index (κ3) is 4.41. The summed E-state index contributed by atoms with van der Waals surface area (Å²) in [7, 11) is 0. The number of rotatable bonds is 6.